The van der Waals surface area contributed by atoms with E-state index in [9.17, 15) is 19.2 Å². The smallest absolute Gasteiger partial charge is 0.269 e. The topological polar surface area (TPSA) is 74.8 Å². The van der Waals surface area contributed by atoms with Crippen molar-refractivity contribution in [1.82, 2.24) is 0 Å². The van der Waals surface area contributed by atoms with Gasteiger partial charge in [-0.3, -0.25) is 29.0 Å². The van der Waals surface area contributed by atoms with Gasteiger partial charge in [0.2, 0.25) is 0 Å². The minimum absolute atomic E-state index is 0. The molecule has 0 radical (unpaired) electrons. The molecule has 0 saturated carbocycles. The summed E-state index contributed by atoms with van der Waals surface area (Å²) in [6, 6.07) is 19.0. The van der Waals surface area contributed by atoms with Gasteiger partial charge in [-0.15, -0.1) is 24.3 Å². The molecule has 0 N–H and O–H groups in total. The van der Waals surface area contributed by atoms with Gasteiger partial charge in [0.25, 0.3) is 23.6 Å². The van der Waals surface area contributed by atoms with Gasteiger partial charge in [0.1, 0.15) is 0 Å². The van der Waals surface area contributed by atoms with Gasteiger partial charge < -0.3 is 0 Å². The van der Waals surface area contributed by atoms with Crippen LogP contribution in [0.3, 0.4) is 0 Å². The maximum absolute atomic E-state index is 11.2. The van der Waals surface area contributed by atoms with Crippen LogP contribution >= 0.6 is 0 Å². The Bertz CT molecular complexity index is 810. The molecule has 6 nitrogen and oxygen atoms in total. The fourth-order valence-electron chi connectivity index (χ4n) is 2.36. The van der Waals surface area contributed by atoms with Crippen LogP contribution in [-0.2, 0) is 40.2 Å². The number of nitrogens with zero attached hydrogens (tertiary/aromatic N) is 2. The van der Waals surface area contributed by atoms with E-state index in [1.807, 2.05) is 0 Å². The Morgan fingerprint density at radius 1 is 0.519 bits per heavy atom. The van der Waals surface area contributed by atoms with Crippen LogP contribution in [0.1, 0.15) is 0 Å². The molecule has 2 aromatic carbocycles. The minimum atomic E-state index is -0.295. The summed E-state index contributed by atoms with van der Waals surface area (Å²) in [6.07, 6.45) is 5.05. The van der Waals surface area contributed by atoms with E-state index in [4.69, 9.17) is 0 Å². The Kier molecular flexibility index (Phi) is 6.74. The first-order chi connectivity index (χ1) is 12.6. The Hall–Kier alpha value is -3.11. The SMILES string of the molecule is O=C1C=CC(=O)N1c1cc[c-]cc1.O=C1C=CC(=O)N1c1cc[c-]cc1.[W+2]. The Labute approximate surface area is 170 Å². The molecule has 0 spiro atoms. The van der Waals surface area contributed by atoms with E-state index in [1.165, 1.54) is 24.3 Å². The largest absolute Gasteiger partial charge is 2.00 e. The molecule has 0 aromatic heterocycles. The molecule has 0 aliphatic carbocycles. The van der Waals surface area contributed by atoms with E-state index in [0.29, 0.717) is 11.4 Å². The summed E-state index contributed by atoms with van der Waals surface area (Å²) in [5, 5.41) is 0. The minimum Gasteiger partial charge on any atom is -0.269 e. The van der Waals surface area contributed by atoms with Crippen molar-refractivity contribution in [2.24, 2.45) is 0 Å². The fourth-order valence-corrected chi connectivity index (χ4v) is 2.36. The molecule has 0 fully saturated rings. The van der Waals surface area contributed by atoms with Gasteiger partial charge in [-0.1, -0.05) is 11.4 Å². The van der Waals surface area contributed by atoms with E-state index in [1.54, 1.807) is 48.5 Å². The summed E-state index contributed by atoms with van der Waals surface area (Å²) in [5.74, 6) is -1.18. The van der Waals surface area contributed by atoms with Crippen LogP contribution in [0.5, 0.6) is 0 Å². The fraction of sp³-hybridized carbons (Fsp3) is 0. The van der Waals surface area contributed by atoms with E-state index in [0.717, 1.165) is 9.80 Å². The molecular weight excluding hydrogens is 516 g/mol. The molecular formula is C20H12N2O4W. The third-order valence-corrected chi connectivity index (χ3v) is 3.54. The van der Waals surface area contributed by atoms with Crippen molar-refractivity contribution in [2.75, 3.05) is 9.80 Å². The predicted molar refractivity (Wildman–Crippen MR) is 93.8 cm³/mol. The zero-order valence-electron chi connectivity index (χ0n) is 13.9. The van der Waals surface area contributed by atoms with Crippen LogP contribution in [0.25, 0.3) is 0 Å². The third-order valence-electron chi connectivity index (χ3n) is 3.54. The van der Waals surface area contributed by atoms with Gasteiger partial charge in [-0.05, 0) is 0 Å². The molecule has 0 atom stereocenters. The van der Waals surface area contributed by atoms with Crippen molar-refractivity contribution in [2.45, 2.75) is 0 Å². The average Bonchev–Trinajstić information content (AvgIpc) is 3.18. The van der Waals surface area contributed by atoms with Gasteiger partial charge in [0.05, 0.1) is 0 Å². The number of hydrogen-bond donors (Lipinski definition) is 0. The first kappa shape index (κ1) is 20.2. The second-order valence-electron chi connectivity index (χ2n) is 5.21. The summed E-state index contributed by atoms with van der Waals surface area (Å²) in [4.78, 5) is 47.0. The summed E-state index contributed by atoms with van der Waals surface area (Å²) in [5.41, 5.74) is 1.16. The van der Waals surface area contributed by atoms with Gasteiger partial charge >= 0.3 is 21.1 Å². The zero-order valence-corrected chi connectivity index (χ0v) is 16.8. The molecule has 2 aliphatic rings. The van der Waals surface area contributed by atoms with Crippen LogP contribution < -0.4 is 9.80 Å². The molecule has 2 heterocycles. The summed E-state index contributed by atoms with van der Waals surface area (Å²) < 4.78 is 0. The Morgan fingerprint density at radius 3 is 1.04 bits per heavy atom. The van der Waals surface area contributed by atoms with Gasteiger partial charge in [0, 0.05) is 24.3 Å². The Morgan fingerprint density at radius 2 is 0.778 bits per heavy atom. The maximum Gasteiger partial charge on any atom is 2.00 e. The van der Waals surface area contributed by atoms with E-state index in [-0.39, 0.29) is 44.7 Å². The molecule has 132 valence electrons. The zero-order chi connectivity index (χ0) is 18.5. The normalized spacial score (nSPS) is 15.0. The number of amides is 4. The maximum atomic E-state index is 11.2. The predicted octanol–water partition coefficient (Wildman–Crippen LogP) is 1.83. The van der Waals surface area contributed by atoms with Gasteiger partial charge in [0.15, 0.2) is 0 Å². The van der Waals surface area contributed by atoms with Crippen LogP contribution in [-0.4, -0.2) is 23.6 Å². The summed E-state index contributed by atoms with van der Waals surface area (Å²) in [6.45, 7) is 0. The van der Waals surface area contributed by atoms with E-state index in [2.05, 4.69) is 12.1 Å². The second kappa shape index (κ2) is 9.01. The number of rotatable bonds is 2. The van der Waals surface area contributed by atoms with Crippen molar-refractivity contribution >= 4 is 35.0 Å². The van der Waals surface area contributed by atoms with Crippen molar-refractivity contribution in [3.05, 3.63) is 85.0 Å². The standard InChI is InChI=1S/2C10H6NO2.W/c2*12-9-6-7-10(13)11(9)8-4-2-1-3-5-8;/h2*2-7H;/q2*-1;+2. The van der Waals surface area contributed by atoms with Crippen molar-refractivity contribution in [3.63, 3.8) is 0 Å². The monoisotopic (exact) mass is 528 g/mol. The Balaban J connectivity index is 0.000000187. The number of anilines is 2. The molecule has 2 aromatic rings. The molecule has 0 unspecified atom stereocenters. The quantitative estimate of drug-likeness (QED) is 0.441. The van der Waals surface area contributed by atoms with Crippen molar-refractivity contribution in [3.8, 4) is 0 Å². The van der Waals surface area contributed by atoms with Crippen molar-refractivity contribution < 1.29 is 40.2 Å². The van der Waals surface area contributed by atoms with Crippen LogP contribution in [0.4, 0.5) is 11.4 Å². The van der Waals surface area contributed by atoms with Crippen LogP contribution in [0.2, 0.25) is 0 Å². The number of carbonyl (C=O) groups excluding carboxylic acids is 4. The molecule has 4 rings (SSSR count). The van der Waals surface area contributed by atoms with Gasteiger partial charge in [-0.25, -0.2) is 0 Å². The number of imide groups is 2. The third kappa shape index (κ3) is 4.54. The molecule has 0 saturated heterocycles. The first-order valence-electron chi connectivity index (χ1n) is 7.62. The van der Waals surface area contributed by atoms with Gasteiger partial charge in [-0.2, -0.15) is 36.4 Å². The number of benzene rings is 2. The molecule has 27 heavy (non-hydrogen) atoms. The molecule has 4 amide bonds. The molecule has 0 bridgehead atoms. The molecule has 2 aliphatic heterocycles. The van der Waals surface area contributed by atoms with E-state index >= 15 is 0 Å². The van der Waals surface area contributed by atoms with Crippen LogP contribution in [0, 0.1) is 12.1 Å². The van der Waals surface area contributed by atoms with Crippen molar-refractivity contribution in [1.29, 1.82) is 0 Å². The number of hydrogen-bond acceptors (Lipinski definition) is 4. The molecule has 7 heteroatoms. The average molecular weight is 528 g/mol. The number of carbonyl (C=O) groups is 4. The van der Waals surface area contributed by atoms with E-state index < -0.39 is 0 Å². The second-order valence-corrected chi connectivity index (χ2v) is 5.21. The van der Waals surface area contributed by atoms with Crippen LogP contribution in [0.15, 0.2) is 72.8 Å². The summed E-state index contributed by atoms with van der Waals surface area (Å²) in [7, 11) is 0. The first-order valence-corrected chi connectivity index (χ1v) is 7.62. The summed E-state index contributed by atoms with van der Waals surface area (Å²) >= 11 is 0.